The summed E-state index contributed by atoms with van der Waals surface area (Å²) in [5, 5.41) is 3.58. The Bertz CT molecular complexity index is 290. The van der Waals surface area contributed by atoms with Gasteiger partial charge in [0.2, 0.25) is 0 Å². The van der Waals surface area contributed by atoms with Gasteiger partial charge in [0.25, 0.3) is 0 Å². The Balaban J connectivity index is 2.82. The van der Waals surface area contributed by atoms with Gasteiger partial charge < -0.3 is 5.32 Å². The van der Waals surface area contributed by atoms with Crippen LogP contribution >= 0.6 is 0 Å². The summed E-state index contributed by atoms with van der Waals surface area (Å²) >= 11 is 0. The quantitative estimate of drug-likeness (QED) is 0.791. The predicted octanol–water partition coefficient (Wildman–Crippen LogP) is 3.38. The number of anilines is 1. The van der Waals surface area contributed by atoms with E-state index in [9.17, 15) is 0 Å². The zero-order valence-electron chi connectivity index (χ0n) is 9.59. The van der Waals surface area contributed by atoms with Crippen molar-refractivity contribution in [3.8, 4) is 0 Å². The molecule has 78 valence electrons. The third-order valence-corrected chi connectivity index (χ3v) is 3.02. The Kier molecular flexibility index (Phi) is 3.50. The van der Waals surface area contributed by atoms with Gasteiger partial charge in [-0.1, -0.05) is 13.8 Å². The average Bonchev–Trinajstić information content (AvgIpc) is 2.21. The van der Waals surface area contributed by atoms with Gasteiger partial charge >= 0.3 is 0 Å². The minimum Gasteiger partial charge on any atom is -0.380 e. The summed E-state index contributed by atoms with van der Waals surface area (Å²) in [6.07, 6.45) is 5.99. The molecular weight excluding hydrogens is 172 g/mol. The second-order valence-electron chi connectivity index (χ2n) is 4.08. The molecule has 1 N–H and O–H groups in total. The van der Waals surface area contributed by atoms with Gasteiger partial charge in [0.1, 0.15) is 0 Å². The third-order valence-electron chi connectivity index (χ3n) is 3.02. The van der Waals surface area contributed by atoms with E-state index in [-0.39, 0.29) is 5.54 Å². The predicted molar refractivity (Wildman–Crippen MR) is 61.6 cm³/mol. The normalized spacial score (nSPS) is 11.4. The SMILES string of the molecule is CCC(C)(CC)Nc1ccncc1C. The lowest BCUT2D eigenvalue weighted by Crippen LogP contribution is -2.33. The topological polar surface area (TPSA) is 24.9 Å². The summed E-state index contributed by atoms with van der Waals surface area (Å²) in [4.78, 5) is 4.09. The molecule has 1 heterocycles. The minimum absolute atomic E-state index is 0.201. The number of rotatable bonds is 4. The summed E-state index contributed by atoms with van der Waals surface area (Å²) in [6.45, 7) is 8.77. The van der Waals surface area contributed by atoms with E-state index in [1.807, 2.05) is 18.5 Å². The molecule has 1 aromatic rings. The largest absolute Gasteiger partial charge is 0.380 e. The molecule has 2 nitrogen and oxygen atoms in total. The van der Waals surface area contributed by atoms with Gasteiger partial charge in [-0.3, -0.25) is 4.98 Å². The van der Waals surface area contributed by atoms with Gasteiger partial charge in [-0.15, -0.1) is 0 Å². The van der Waals surface area contributed by atoms with Crippen molar-refractivity contribution >= 4 is 5.69 Å². The van der Waals surface area contributed by atoms with Gasteiger partial charge in [0.05, 0.1) is 0 Å². The number of nitrogens with zero attached hydrogens (tertiary/aromatic N) is 1. The molecule has 0 spiro atoms. The zero-order valence-corrected chi connectivity index (χ0v) is 9.59. The lowest BCUT2D eigenvalue weighted by molar-refractivity contribution is 0.478. The maximum atomic E-state index is 4.09. The fourth-order valence-electron chi connectivity index (χ4n) is 1.37. The monoisotopic (exact) mass is 192 g/mol. The maximum Gasteiger partial charge on any atom is 0.0404 e. The summed E-state index contributed by atoms with van der Waals surface area (Å²) in [7, 11) is 0. The fourth-order valence-corrected chi connectivity index (χ4v) is 1.37. The molecular formula is C12H20N2. The highest BCUT2D eigenvalue weighted by Gasteiger charge is 2.19. The smallest absolute Gasteiger partial charge is 0.0404 e. The first-order valence-corrected chi connectivity index (χ1v) is 5.30. The summed E-state index contributed by atoms with van der Waals surface area (Å²) in [5.74, 6) is 0. The van der Waals surface area contributed by atoms with E-state index < -0.39 is 0 Å². The van der Waals surface area contributed by atoms with Crippen molar-refractivity contribution in [2.75, 3.05) is 5.32 Å². The first kappa shape index (κ1) is 11.0. The van der Waals surface area contributed by atoms with Crippen LogP contribution in [-0.4, -0.2) is 10.5 Å². The summed E-state index contributed by atoms with van der Waals surface area (Å²) < 4.78 is 0. The molecule has 0 atom stereocenters. The fraction of sp³-hybridized carbons (Fsp3) is 0.583. The second-order valence-corrected chi connectivity index (χ2v) is 4.08. The average molecular weight is 192 g/mol. The molecule has 0 bridgehead atoms. The lowest BCUT2D eigenvalue weighted by Gasteiger charge is -2.30. The van der Waals surface area contributed by atoms with E-state index in [2.05, 4.69) is 38.0 Å². The van der Waals surface area contributed by atoms with Gasteiger partial charge in [-0.25, -0.2) is 0 Å². The van der Waals surface area contributed by atoms with Crippen molar-refractivity contribution in [1.82, 2.24) is 4.98 Å². The van der Waals surface area contributed by atoms with Crippen LogP contribution in [0, 0.1) is 6.92 Å². The van der Waals surface area contributed by atoms with Crippen molar-refractivity contribution in [3.63, 3.8) is 0 Å². The summed E-state index contributed by atoms with van der Waals surface area (Å²) in [5.41, 5.74) is 2.61. The Morgan fingerprint density at radius 2 is 2.00 bits per heavy atom. The molecule has 0 aliphatic heterocycles. The Labute approximate surface area is 86.8 Å². The van der Waals surface area contributed by atoms with E-state index in [1.165, 1.54) is 11.3 Å². The van der Waals surface area contributed by atoms with Crippen LogP contribution in [0.1, 0.15) is 39.2 Å². The number of aromatic nitrogens is 1. The molecule has 0 amide bonds. The molecule has 0 aromatic carbocycles. The Hall–Kier alpha value is -1.05. The molecule has 0 aliphatic carbocycles. The number of hydrogen-bond donors (Lipinski definition) is 1. The molecule has 14 heavy (non-hydrogen) atoms. The van der Waals surface area contributed by atoms with Crippen LogP contribution in [0.4, 0.5) is 5.69 Å². The third kappa shape index (κ3) is 2.47. The molecule has 1 aromatic heterocycles. The molecule has 0 fully saturated rings. The zero-order chi connectivity index (χ0) is 10.6. The Morgan fingerprint density at radius 3 is 2.50 bits per heavy atom. The number of pyridine rings is 1. The van der Waals surface area contributed by atoms with Crippen molar-refractivity contribution in [2.24, 2.45) is 0 Å². The molecule has 0 aliphatic rings. The lowest BCUT2D eigenvalue weighted by atomic mass is 9.95. The van der Waals surface area contributed by atoms with Gasteiger partial charge in [-0.05, 0) is 38.3 Å². The van der Waals surface area contributed by atoms with Crippen LogP contribution in [0.25, 0.3) is 0 Å². The van der Waals surface area contributed by atoms with Gasteiger partial charge in [-0.2, -0.15) is 0 Å². The molecule has 1 rings (SSSR count). The van der Waals surface area contributed by atoms with Crippen LogP contribution in [0.15, 0.2) is 18.5 Å². The minimum atomic E-state index is 0.201. The van der Waals surface area contributed by atoms with Crippen molar-refractivity contribution in [3.05, 3.63) is 24.0 Å². The molecule has 0 saturated heterocycles. The van der Waals surface area contributed by atoms with Crippen LogP contribution < -0.4 is 5.32 Å². The first-order chi connectivity index (χ1) is 6.61. The molecule has 0 saturated carbocycles. The van der Waals surface area contributed by atoms with Crippen molar-refractivity contribution < 1.29 is 0 Å². The van der Waals surface area contributed by atoms with Crippen LogP contribution in [0.5, 0.6) is 0 Å². The van der Waals surface area contributed by atoms with E-state index in [1.54, 1.807) is 0 Å². The number of aryl methyl sites for hydroxylation is 1. The Morgan fingerprint density at radius 1 is 1.36 bits per heavy atom. The maximum absolute atomic E-state index is 4.09. The van der Waals surface area contributed by atoms with Gasteiger partial charge in [0, 0.05) is 23.6 Å². The molecule has 2 heteroatoms. The highest BCUT2D eigenvalue weighted by molar-refractivity contribution is 5.50. The van der Waals surface area contributed by atoms with Crippen LogP contribution in [-0.2, 0) is 0 Å². The first-order valence-electron chi connectivity index (χ1n) is 5.30. The van der Waals surface area contributed by atoms with E-state index in [0.29, 0.717) is 0 Å². The van der Waals surface area contributed by atoms with Crippen LogP contribution in [0.3, 0.4) is 0 Å². The highest BCUT2D eigenvalue weighted by atomic mass is 15.0. The highest BCUT2D eigenvalue weighted by Crippen LogP contribution is 2.23. The number of hydrogen-bond acceptors (Lipinski definition) is 2. The van der Waals surface area contributed by atoms with E-state index in [0.717, 1.165) is 12.8 Å². The van der Waals surface area contributed by atoms with Gasteiger partial charge in [0.15, 0.2) is 0 Å². The number of nitrogens with one attached hydrogen (secondary N) is 1. The van der Waals surface area contributed by atoms with Crippen molar-refractivity contribution in [2.45, 2.75) is 46.1 Å². The van der Waals surface area contributed by atoms with E-state index in [4.69, 9.17) is 0 Å². The van der Waals surface area contributed by atoms with Crippen molar-refractivity contribution in [1.29, 1.82) is 0 Å². The standard InChI is InChI=1S/C12H20N2/c1-5-12(4,6-2)14-11-7-8-13-9-10(11)3/h7-9H,5-6H2,1-4H3,(H,13,14). The second kappa shape index (κ2) is 4.45. The van der Waals surface area contributed by atoms with E-state index >= 15 is 0 Å². The summed E-state index contributed by atoms with van der Waals surface area (Å²) in [6, 6.07) is 2.04. The van der Waals surface area contributed by atoms with Crippen LogP contribution in [0.2, 0.25) is 0 Å². The molecule has 0 radical (unpaired) electrons. The molecule has 0 unspecified atom stereocenters.